The Labute approximate surface area is 192 Å². The van der Waals surface area contributed by atoms with Gasteiger partial charge >= 0.3 is 0 Å². The summed E-state index contributed by atoms with van der Waals surface area (Å²) in [6.07, 6.45) is 1.61. The summed E-state index contributed by atoms with van der Waals surface area (Å²) in [4.78, 5) is 25.8. The summed E-state index contributed by atoms with van der Waals surface area (Å²) in [6.45, 7) is 4.07. The predicted octanol–water partition coefficient (Wildman–Crippen LogP) is 3.66. The summed E-state index contributed by atoms with van der Waals surface area (Å²) in [5, 5.41) is 14.3. The van der Waals surface area contributed by atoms with E-state index in [0.717, 1.165) is 11.4 Å². The Kier molecular flexibility index (Phi) is 6.47. The fraction of sp³-hybridized carbons (Fsp3) is 0.238. The monoisotopic (exact) mass is 470 g/mol. The van der Waals surface area contributed by atoms with Crippen LogP contribution in [0.4, 0.5) is 10.8 Å². The second-order valence-corrected chi connectivity index (χ2v) is 9.56. The number of thioether (sulfide) groups is 1. The molecule has 9 nitrogen and oxygen atoms in total. The van der Waals surface area contributed by atoms with Gasteiger partial charge in [-0.25, -0.2) is 4.68 Å². The molecule has 0 unspecified atom stereocenters. The number of amides is 1. The van der Waals surface area contributed by atoms with Crippen molar-refractivity contribution in [1.29, 1.82) is 0 Å². The molecule has 1 atom stereocenters. The molecule has 0 fully saturated rings. The molecule has 4 rings (SSSR count). The second-order valence-electron chi connectivity index (χ2n) is 6.99. The molecular weight excluding hydrogens is 448 g/mol. The van der Waals surface area contributed by atoms with E-state index in [0.29, 0.717) is 21.7 Å². The molecule has 2 N–H and O–H groups in total. The Morgan fingerprint density at radius 3 is 2.72 bits per heavy atom. The molecule has 11 heteroatoms. The van der Waals surface area contributed by atoms with Crippen molar-refractivity contribution in [2.75, 3.05) is 10.6 Å². The summed E-state index contributed by atoms with van der Waals surface area (Å²) in [7, 11) is 1.79. The van der Waals surface area contributed by atoms with Crippen LogP contribution in [-0.4, -0.2) is 30.7 Å². The molecule has 0 bridgehead atoms. The molecule has 1 aromatic carbocycles. The Balaban J connectivity index is 1.42. The third-order valence-electron chi connectivity index (χ3n) is 4.85. The molecule has 0 aliphatic carbocycles. The first kappa shape index (κ1) is 21.9. The predicted molar refractivity (Wildman–Crippen MR) is 126 cm³/mol. The van der Waals surface area contributed by atoms with Crippen molar-refractivity contribution < 1.29 is 9.21 Å². The molecule has 0 aliphatic rings. The minimum absolute atomic E-state index is 0.270. The van der Waals surface area contributed by atoms with Gasteiger partial charge in [0.1, 0.15) is 11.4 Å². The first-order valence-electron chi connectivity index (χ1n) is 9.85. The molecular formula is C21H22N6O3S2. The van der Waals surface area contributed by atoms with Crippen LogP contribution in [0.5, 0.6) is 0 Å². The number of carbonyl (C=O) groups is 1. The molecule has 3 aromatic heterocycles. The van der Waals surface area contributed by atoms with Gasteiger partial charge in [-0.1, -0.05) is 41.3 Å². The highest BCUT2D eigenvalue weighted by Crippen LogP contribution is 2.29. The number of para-hydroxylation sites is 1. The quantitative estimate of drug-likeness (QED) is 0.379. The highest BCUT2D eigenvalue weighted by Gasteiger charge is 2.22. The molecule has 32 heavy (non-hydrogen) atoms. The van der Waals surface area contributed by atoms with Crippen molar-refractivity contribution in [3.05, 3.63) is 70.5 Å². The van der Waals surface area contributed by atoms with Gasteiger partial charge in [-0.3, -0.25) is 14.3 Å². The number of benzene rings is 1. The van der Waals surface area contributed by atoms with E-state index in [-0.39, 0.29) is 17.2 Å². The van der Waals surface area contributed by atoms with Crippen molar-refractivity contribution >= 4 is 39.8 Å². The number of hydrogen-bond donors (Lipinski definition) is 2. The van der Waals surface area contributed by atoms with E-state index < -0.39 is 5.25 Å². The number of furan rings is 1. The third-order valence-corrected chi connectivity index (χ3v) is 6.91. The van der Waals surface area contributed by atoms with Crippen LogP contribution >= 0.6 is 23.1 Å². The van der Waals surface area contributed by atoms with Gasteiger partial charge in [-0.05, 0) is 38.1 Å². The van der Waals surface area contributed by atoms with E-state index >= 15 is 0 Å². The minimum Gasteiger partial charge on any atom is -0.467 e. The number of hydrogen-bond acceptors (Lipinski definition) is 8. The molecule has 3 heterocycles. The maximum atomic E-state index is 13.0. The van der Waals surface area contributed by atoms with Crippen molar-refractivity contribution in [1.82, 2.24) is 19.6 Å². The standard InChI is InChI=1S/C21H22N6O3S2/c1-13-17(19(29)27(26(13)3)15-8-5-4-6-9-15)23-18(28)14(2)31-21-25-24-20(32-21)22-12-16-10-7-11-30-16/h4-11,14H,12H2,1-3H3,(H,22,24)(H,23,28)/t14-/m0/s1. The van der Waals surface area contributed by atoms with E-state index in [1.165, 1.54) is 27.8 Å². The Morgan fingerprint density at radius 2 is 2.00 bits per heavy atom. The first-order valence-corrected chi connectivity index (χ1v) is 11.5. The van der Waals surface area contributed by atoms with Crippen molar-refractivity contribution in [2.45, 2.75) is 30.0 Å². The first-order chi connectivity index (χ1) is 15.4. The SMILES string of the molecule is Cc1c(NC(=O)[C@H](C)Sc2nnc(NCc3ccco3)s2)c(=O)n(-c2ccccc2)n1C. The van der Waals surface area contributed by atoms with Crippen LogP contribution in [0.15, 0.2) is 62.3 Å². The summed E-state index contributed by atoms with van der Waals surface area (Å²) >= 11 is 2.64. The van der Waals surface area contributed by atoms with Gasteiger partial charge in [0, 0.05) is 7.05 Å². The Bertz CT molecular complexity index is 1260. The van der Waals surface area contributed by atoms with Crippen LogP contribution in [0.1, 0.15) is 18.4 Å². The highest BCUT2D eigenvalue weighted by molar-refractivity contribution is 8.02. The van der Waals surface area contributed by atoms with Crippen molar-refractivity contribution in [3.8, 4) is 5.69 Å². The number of anilines is 2. The Morgan fingerprint density at radius 1 is 1.22 bits per heavy atom. The van der Waals surface area contributed by atoms with E-state index in [1.807, 2.05) is 42.5 Å². The molecule has 0 saturated heterocycles. The fourth-order valence-electron chi connectivity index (χ4n) is 3.05. The number of aromatic nitrogens is 4. The lowest BCUT2D eigenvalue weighted by Gasteiger charge is -2.09. The van der Waals surface area contributed by atoms with Gasteiger partial charge in [0.15, 0.2) is 4.34 Å². The van der Waals surface area contributed by atoms with E-state index in [9.17, 15) is 9.59 Å². The van der Waals surface area contributed by atoms with E-state index in [2.05, 4.69) is 20.8 Å². The summed E-state index contributed by atoms with van der Waals surface area (Å²) in [5.41, 5.74) is 1.40. The summed E-state index contributed by atoms with van der Waals surface area (Å²) < 4.78 is 9.19. The average molecular weight is 471 g/mol. The lowest BCUT2D eigenvalue weighted by molar-refractivity contribution is -0.115. The lowest BCUT2D eigenvalue weighted by atomic mass is 10.3. The largest absolute Gasteiger partial charge is 0.467 e. The summed E-state index contributed by atoms with van der Waals surface area (Å²) in [6, 6.07) is 13.0. The number of nitrogens with one attached hydrogen (secondary N) is 2. The fourth-order valence-corrected chi connectivity index (χ4v) is 4.94. The van der Waals surface area contributed by atoms with Crippen molar-refractivity contribution in [2.24, 2.45) is 7.05 Å². The number of carbonyl (C=O) groups excluding carboxylic acids is 1. The second kappa shape index (κ2) is 9.45. The van der Waals surface area contributed by atoms with Crippen molar-refractivity contribution in [3.63, 3.8) is 0 Å². The third kappa shape index (κ3) is 4.63. The smallest absolute Gasteiger partial charge is 0.295 e. The normalized spacial score (nSPS) is 12.0. The molecule has 0 radical (unpaired) electrons. The van der Waals surface area contributed by atoms with Gasteiger partial charge in [0.05, 0.1) is 29.4 Å². The summed E-state index contributed by atoms with van der Waals surface area (Å²) in [5.74, 6) is 0.517. The zero-order valence-corrected chi connectivity index (χ0v) is 19.4. The minimum atomic E-state index is -0.468. The van der Waals surface area contributed by atoms with Gasteiger partial charge in [-0.2, -0.15) is 0 Å². The van der Waals surface area contributed by atoms with E-state index in [4.69, 9.17) is 4.42 Å². The van der Waals surface area contributed by atoms with Gasteiger partial charge in [0.25, 0.3) is 5.56 Å². The van der Waals surface area contributed by atoms with Crippen LogP contribution in [-0.2, 0) is 18.4 Å². The van der Waals surface area contributed by atoms with Crippen LogP contribution in [0.25, 0.3) is 5.69 Å². The molecule has 4 aromatic rings. The topological polar surface area (TPSA) is 107 Å². The highest BCUT2D eigenvalue weighted by atomic mass is 32.2. The van der Waals surface area contributed by atoms with Gasteiger partial charge in [0.2, 0.25) is 11.0 Å². The van der Waals surface area contributed by atoms with Crippen LogP contribution < -0.4 is 16.2 Å². The zero-order valence-electron chi connectivity index (χ0n) is 17.7. The average Bonchev–Trinajstić information content (AvgIpc) is 3.51. The molecule has 0 saturated carbocycles. The maximum Gasteiger partial charge on any atom is 0.295 e. The molecule has 1 amide bonds. The zero-order chi connectivity index (χ0) is 22.7. The van der Waals surface area contributed by atoms with Gasteiger partial charge < -0.3 is 15.1 Å². The van der Waals surface area contributed by atoms with Gasteiger partial charge in [-0.15, -0.1) is 10.2 Å². The maximum absolute atomic E-state index is 13.0. The van der Waals surface area contributed by atoms with Crippen LogP contribution in [0.2, 0.25) is 0 Å². The molecule has 0 spiro atoms. The van der Waals surface area contributed by atoms with Crippen LogP contribution in [0, 0.1) is 6.92 Å². The molecule has 166 valence electrons. The van der Waals surface area contributed by atoms with E-state index in [1.54, 1.807) is 31.8 Å². The Hall–Kier alpha value is -3.31. The lowest BCUT2D eigenvalue weighted by Crippen LogP contribution is -2.27. The molecule has 0 aliphatic heterocycles. The number of nitrogens with zero attached hydrogens (tertiary/aromatic N) is 4. The number of rotatable bonds is 8. The van der Waals surface area contributed by atoms with Crippen LogP contribution in [0.3, 0.4) is 0 Å².